The van der Waals surface area contributed by atoms with Gasteiger partial charge < -0.3 is 10.7 Å². The first-order valence-electron chi connectivity index (χ1n) is 5.60. The first kappa shape index (κ1) is 12.1. The fourth-order valence-corrected chi connectivity index (χ4v) is 1.75. The number of primary amides is 1. The lowest BCUT2D eigenvalue weighted by Crippen LogP contribution is -2.23. The SMILES string of the molecule is Cc1ccc(-c2ccc(C(N)=O)c(=O)[nH]2)cc1C. The average Bonchev–Trinajstić information content (AvgIpc) is 2.32. The van der Waals surface area contributed by atoms with Crippen molar-refractivity contribution in [1.29, 1.82) is 0 Å². The van der Waals surface area contributed by atoms with Crippen LogP contribution in [0.2, 0.25) is 0 Å². The first-order chi connectivity index (χ1) is 8.49. The molecule has 3 N–H and O–H groups in total. The summed E-state index contributed by atoms with van der Waals surface area (Å²) < 4.78 is 0. The number of carbonyl (C=O) groups excluding carboxylic acids is 1. The van der Waals surface area contributed by atoms with Crippen molar-refractivity contribution in [2.75, 3.05) is 0 Å². The van der Waals surface area contributed by atoms with Crippen molar-refractivity contribution in [2.45, 2.75) is 13.8 Å². The molecule has 0 saturated carbocycles. The van der Waals surface area contributed by atoms with E-state index in [1.807, 2.05) is 32.0 Å². The van der Waals surface area contributed by atoms with Crippen LogP contribution in [0, 0.1) is 13.8 Å². The summed E-state index contributed by atoms with van der Waals surface area (Å²) in [7, 11) is 0. The molecule has 1 amide bonds. The monoisotopic (exact) mass is 242 g/mol. The minimum atomic E-state index is -0.720. The molecule has 0 radical (unpaired) electrons. The summed E-state index contributed by atoms with van der Waals surface area (Å²) in [6, 6.07) is 9.05. The summed E-state index contributed by atoms with van der Waals surface area (Å²) in [6.45, 7) is 4.03. The van der Waals surface area contributed by atoms with E-state index >= 15 is 0 Å². The number of benzene rings is 1. The van der Waals surface area contributed by atoms with E-state index in [9.17, 15) is 9.59 Å². The lowest BCUT2D eigenvalue weighted by Gasteiger charge is -2.06. The molecule has 2 rings (SSSR count). The summed E-state index contributed by atoms with van der Waals surface area (Å²) >= 11 is 0. The Morgan fingerprint density at radius 1 is 1.11 bits per heavy atom. The highest BCUT2D eigenvalue weighted by atomic mass is 16.2. The van der Waals surface area contributed by atoms with E-state index in [4.69, 9.17) is 5.73 Å². The van der Waals surface area contributed by atoms with E-state index in [-0.39, 0.29) is 5.56 Å². The molecule has 0 aliphatic heterocycles. The Labute approximate surface area is 104 Å². The maximum Gasteiger partial charge on any atom is 0.261 e. The summed E-state index contributed by atoms with van der Waals surface area (Å²) in [4.78, 5) is 25.3. The standard InChI is InChI=1S/C14H14N2O2/c1-8-3-4-10(7-9(8)2)12-6-5-11(13(15)17)14(18)16-12/h3-7H,1-2H3,(H2,15,17)(H,16,18). The van der Waals surface area contributed by atoms with Gasteiger partial charge in [-0.1, -0.05) is 12.1 Å². The number of aromatic nitrogens is 1. The van der Waals surface area contributed by atoms with E-state index in [1.54, 1.807) is 6.07 Å². The van der Waals surface area contributed by atoms with Crippen LogP contribution in [0.15, 0.2) is 35.1 Å². The molecule has 2 aromatic rings. The minimum Gasteiger partial charge on any atom is -0.365 e. The molecule has 0 aliphatic rings. The first-order valence-corrected chi connectivity index (χ1v) is 5.60. The van der Waals surface area contributed by atoms with E-state index in [2.05, 4.69) is 4.98 Å². The highest BCUT2D eigenvalue weighted by Gasteiger charge is 2.07. The topological polar surface area (TPSA) is 76.0 Å². The quantitative estimate of drug-likeness (QED) is 0.841. The van der Waals surface area contributed by atoms with Crippen molar-refractivity contribution < 1.29 is 4.79 Å². The van der Waals surface area contributed by atoms with Gasteiger partial charge in [-0.05, 0) is 48.7 Å². The zero-order valence-corrected chi connectivity index (χ0v) is 10.3. The van der Waals surface area contributed by atoms with Gasteiger partial charge in [-0.25, -0.2) is 0 Å². The van der Waals surface area contributed by atoms with E-state index in [0.717, 1.165) is 11.1 Å². The minimum absolute atomic E-state index is 0.0254. The second-order valence-corrected chi connectivity index (χ2v) is 4.28. The third kappa shape index (κ3) is 2.18. The van der Waals surface area contributed by atoms with Crippen molar-refractivity contribution in [3.05, 3.63) is 57.4 Å². The van der Waals surface area contributed by atoms with Crippen LogP contribution < -0.4 is 11.3 Å². The molecule has 18 heavy (non-hydrogen) atoms. The van der Waals surface area contributed by atoms with Crippen LogP contribution >= 0.6 is 0 Å². The molecular formula is C14H14N2O2. The number of pyridine rings is 1. The van der Waals surface area contributed by atoms with Gasteiger partial charge in [0.2, 0.25) is 0 Å². The molecule has 4 heteroatoms. The summed E-state index contributed by atoms with van der Waals surface area (Å²) in [5.41, 5.74) is 8.52. The second-order valence-electron chi connectivity index (χ2n) is 4.28. The number of aryl methyl sites for hydroxylation is 2. The summed E-state index contributed by atoms with van der Waals surface area (Å²) in [6.07, 6.45) is 0. The fourth-order valence-electron chi connectivity index (χ4n) is 1.75. The molecule has 0 bridgehead atoms. The van der Waals surface area contributed by atoms with Crippen LogP contribution in [0.25, 0.3) is 11.3 Å². The normalized spacial score (nSPS) is 10.3. The zero-order valence-electron chi connectivity index (χ0n) is 10.3. The second kappa shape index (κ2) is 4.49. The number of hydrogen-bond donors (Lipinski definition) is 2. The van der Waals surface area contributed by atoms with Crippen molar-refractivity contribution in [3.63, 3.8) is 0 Å². The number of nitrogens with one attached hydrogen (secondary N) is 1. The molecule has 0 spiro atoms. The maximum absolute atomic E-state index is 11.7. The van der Waals surface area contributed by atoms with Gasteiger partial charge in [0.05, 0.1) is 0 Å². The largest absolute Gasteiger partial charge is 0.365 e. The molecular weight excluding hydrogens is 228 g/mol. The Morgan fingerprint density at radius 3 is 2.39 bits per heavy atom. The fraction of sp³-hybridized carbons (Fsp3) is 0.143. The predicted molar refractivity (Wildman–Crippen MR) is 70.5 cm³/mol. The predicted octanol–water partition coefficient (Wildman–Crippen LogP) is 1.76. The molecule has 0 aliphatic carbocycles. The van der Waals surface area contributed by atoms with Crippen LogP contribution in [-0.4, -0.2) is 10.9 Å². The van der Waals surface area contributed by atoms with Gasteiger partial charge >= 0.3 is 0 Å². The van der Waals surface area contributed by atoms with Crippen molar-refractivity contribution >= 4 is 5.91 Å². The maximum atomic E-state index is 11.7. The number of aromatic amines is 1. The van der Waals surface area contributed by atoms with Crippen LogP contribution in [0.3, 0.4) is 0 Å². The Morgan fingerprint density at radius 2 is 1.83 bits per heavy atom. The van der Waals surface area contributed by atoms with Gasteiger partial charge in [0.15, 0.2) is 0 Å². The lowest BCUT2D eigenvalue weighted by atomic mass is 10.0. The lowest BCUT2D eigenvalue weighted by molar-refractivity contribution is 0.0999. The highest BCUT2D eigenvalue weighted by molar-refractivity contribution is 5.92. The van der Waals surface area contributed by atoms with Crippen LogP contribution in [-0.2, 0) is 0 Å². The number of hydrogen-bond acceptors (Lipinski definition) is 2. The average molecular weight is 242 g/mol. The molecule has 1 aromatic carbocycles. The number of carbonyl (C=O) groups is 1. The number of nitrogens with two attached hydrogens (primary N) is 1. The summed E-state index contributed by atoms with van der Waals surface area (Å²) in [5, 5.41) is 0. The zero-order chi connectivity index (χ0) is 13.3. The van der Waals surface area contributed by atoms with Crippen LogP contribution in [0.4, 0.5) is 0 Å². The van der Waals surface area contributed by atoms with Gasteiger partial charge in [0.1, 0.15) is 5.56 Å². The van der Waals surface area contributed by atoms with Crippen molar-refractivity contribution in [2.24, 2.45) is 5.73 Å². The highest BCUT2D eigenvalue weighted by Crippen LogP contribution is 2.19. The van der Waals surface area contributed by atoms with Crippen LogP contribution in [0.5, 0.6) is 0 Å². The van der Waals surface area contributed by atoms with Gasteiger partial charge in [-0.3, -0.25) is 9.59 Å². The van der Waals surface area contributed by atoms with Gasteiger partial charge in [0.25, 0.3) is 11.5 Å². The Hall–Kier alpha value is -2.36. The molecule has 0 fully saturated rings. The third-order valence-electron chi connectivity index (χ3n) is 2.99. The van der Waals surface area contributed by atoms with Crippen molar-refractivity contribution in [1.82, 2.24) is 4.98 Å². The Bertz CT molecular complexity index is 672. The molecule has 92 valence electrons. The van der Waals surface area contributed by atoms with Gasteiger partial charge in [-0.2, -0.15) is 0 Å². The Kier molecular flexibility index (Phi) is 3.02. The molecule has 0 unspecified atom stereocenters. The smallest absolute Gasteiger partial charge is 0.261 e. The van der Waals surface area contributed by atoms with Crippen LogP contribution in [0.1, 0.15) is 21.5 Å². The van der Waals surface area contributed by atoms with Gasteiger partial charge in [0, 0.05) is 5.69 Å². The number of H-pyrrole nitrogens is 1. The van der Waals surface area contributed by atoms with E-state index in [0.29, 0.717) is 5.69 Å². The molecule has 0 atom stereocenters. The molecule has 1 aromatic heterocycles. The molecule has 1 heterocycles. The Balaban J connectivity index is 2.52. The molecule has 0 saturated heterocycles. The van der Waals surface area contributed by atoms with Gasteiger partial charge in [-0.15, -0.1) is 0 Å². The van der Waals surface area contributed by atoms with Crippen molar-refractivity contribution in [3.8, 4) is 11.3 Å². The number of rotatable bonds is 2. The summed E-state index contributed by atoms with van der Waals surface area (Å²) in [5.74, 6) is -0.720. The van der Waals surface area contributed by atoms with E-state index < -0.39 is 11.5 Å². The third-order valence-corrected chi connectivity index (χ3v) is 2.99. The molecule has 4 nitrogen and oxygen atoms in total. The number of amides is 1. The van der Waals surface area contributed by atoms with E-state index in [1.165, 1.54) is 11.6 Å².